The van der Waals surface area contributed by atoms with E-state index in [0.717, 1.165) is 4.57 Å². The second-order valence-corrected chi connectivity index (χ2v) is 5.85. The van der Waals surface area contributed by atoms with Crippen molar-refractivity contribution in [2.75, 3.05) is 0 Å². The number of aryl methyl sites for hydroxylation is 1. The van der Waals surface area contributed by atoms with Crippen molar-refractivity contribution in [3.05, 3.63) is 27.2 Å². The molecule has 2 rings (SSSR count). The van der Waals surface area contributed by atoms with Gasteiger partial charge in [0.05, 0.1) is 6.33 Å². The topological polar surface area (TPSA) is 90.9 Å². The average Bonchev–Trinajstić information content (AvgIpc) is 2.86. The highest BCUT2D eigenvalue weighted by Gasteiger charge is 2.17. The molecule has 0 radical (unpaired) electrons. The van der Waals surface area contributed by atoms with Crippen LogP contribution in [-0.4, -0.2) is 30.6 Å². The molecule has 1 unspecified atom stereocenters. The maximum atomic E-state index is 12.3. The number of nitrogens with zero attached hydrogens (tertiary/aromatic N) is 4. The minimum atomic E-state index is -0.458. The molecular formula is C14H21N5O3. The highest BCUT2D eigenvalue weighted by Crippen LogP contribution is 2.06. The Morgan fingerprint density at radius 3 is 2.45 bits per heavy atom. The number of amides is 1. The van der Waals surface area contributed by atoms with Gasteiger partial charge in [0.25, 0.3) is 5.56 Å². The van der Waals surface area contributed by atoms with Gasteiger partial charge in [0, 0.05) is 20.1 Å². The van der Waals surface area contributed by atoms with Crippen LogP contribution in [0.2, 0.25) is 0 Å². The summed E-state index contributed by atoms with van der Waals surface area (Å²) >= 11 is 0. The van der Waals surface area contributed by atoms with Gasteiger partial charge >= 0.3 is 5.69 Å². The SMILES string of the molecule is CC(C)C(C)NC(=O)Cn1cnc2c1c(=O)n(C)c(=O)n2C. The van der Waals surface area contributed by atoms with Crippen molar-refractivity contribution >= 4 is 17.1 Å². The van der Waals surface area contributed by atoms with Gasteiger partial charge in [0.15, 0.2) is 11.2 Å². The Morgan fingerprint density at radius 2 is 1.86 bits per heavy atom. The molecule has 0 aliphatic rings. The van der Waals surface area contributed by atoms with Crippen LogP contribution in [0.15, 0.2) is 15.9 Å². The summed E-state index contributed by atoms with van der Waals surface area (Å²) in [5.41, 5.74) is -0.379. The predicted molar refractivity (Wildman–Crippen MR) is 82.7 cm³/mol. The lowest BCUT2D eigenvalue weighted by molar-refractivity contribution is -0.122. The molecular weight excluding hydrogens is 286 g/mol. The van der Waals surface area contributed by atoms with Crippen LogP contribution in [0.1, 0.15) is 20.8 Å². The van der Waals surface area contributed by atoms with Crippen LogP contribution in [0, 0.1) is 5.92 Å². The second-order valence-electron chi connectivity index (χ2n) is 5.85. The van der Waals surface area contributed by atoms with Crippen molar-refractivity contribution in [2.45, 2.75) is 33.4 Å². The quantitative estimate of drug-likeness (QED) is 0.831. The van der Waals surface area contributed by atoms with E-state index in [-0.39, 0.29) is 29.7 Å². The summed E-state index contributed by atoms with van der Waals surface area (Å²) in [5.74, 6) is 0.119. The largest absolute Gasteiger partial charge is 0.352 e. The third-order valence-corrected chi connectivity index (χ3v) is 3.92. The lowest BCUT2D eigenvalue weighted by Crippen LogP contribution is -2.40. The normalized spacial score (nSPS) is 12.8. The summed E-state index contributed by atoms with van der Waals surface area (Å²) in [6.07, 6.45) is 1.41. The van der Waals surface area contributed by atoms with E-state index in [9.17, 15) is 14.4 Å². The summed E-state index contributed by atoms with van der Waals surface area (Å²) in [6.45, 7) is 5.95. The van der Waals surface area contributed by atoms with Crippen molar-refractivity contribution in [1.29, 1.82) is 0 Å². The molecule has 8 nitrogen and oxygen atoms in total. The van der Waals surface area contributed by atoms with Crippen LogP contribution in [-0.2, 0) is 25.4 Å². The molecule has 0 saturated carbocycles. The zero-order valence-corrected chi connectivity index (χ0v) is 13.5. The number of rotatable bonds is 4. The van der Waals surface area contributed by atoms with E-state index in [4.69, 9.17) is 0 Å². The van der Waals surface area contributed by atoms with Crippen LogP contribution >= 0.6 is 0 Å². The monoisotopic (exact) mass is 307 g/mol. The van der Waals surface area contributed by atoms with Crippen LogP contribution in [0.4, 0.5) is 0 Å². The third-order valence-electron chi connectivity index (χ3n) is 3.92. The van der Waals surface area contributed by atoms with E-state index in [1.165, 1.54) is 22.5 Å². The predicted octanol–water partition coefficient (Wildman–Crippen LogP) is -0.406. The molecule has 0 saturated heterocycles. The minimum Gasteiger partial charge on any atom is -0.352 e. The lowest BCUT2D eigenvalue weighted by Gasteiger charge is -2.17. The van der Waals surface area contributed by atoms with Gasteiger partial charge in [-0.15, -0.1) is 0 Å². The summed E-state index contributed by atoms with van der Waals surface area (Å²) in [5, 5.41) is 2.88. The van der Waals surface area contributed by atoms with E-state index >= 15 is 0 Å². The summed E-state index contributed by atoms with van der Waals surface area (Å²) in [6, 6.07) is 0.0366. The number of fused-ring (bicyclic) bond motifs is 1. The van der Waals surface area contributed by atoms with Crippen LogP contribution < -0.4 is 16.6 Å². The zero-order chi connectivity index (χ0) is 16.6. The number of aromatic nitrogens is 4. The number of nitrogens with one attached hydrogen (secondary N) is 1. The van der Waals surface area contributed by atoms with E-state index in [0.29, 0.717) is 5.92 Å². The number of imidazole rings is 1. The van der Waals surface area contributed by atoms with Gasteiger partial charge < -0.3 is 9.88 Å². The second kappa shape index (κ2) is 5.78. The zero-order valence-electron chi connectivity index (χ0n) is 13.5. The van der Waals surface area contributed by atoms with Gasteiger partial charge in [-0.25, -0.2) is 9.78 Å². The Kier molecular flexibility index (Phi) is 4.20. The van der Waals surface area contributed by atoms with Crippen LogP contribution in [0.5, 0.6) is 0 Å². The van der Waals surface area contributed by atoms with Crippen LogP contribution in [0.3, 0.4) is 0 Å². The first kappa shape index (κ1) is 16.0. The van der Waals surface area contributed by atoms with Gasteiger partial charge in [-0.05, 0) is 12.8 Å². The number of carbonyl (C=O) groups is 1. The fourth-order valence-corrected chi connectivity index (χ4v) is 2.14. The highest BCUT2D eigenvalue weighted by molar-refractivity contribution is 5.79. The van der Waals surface area contributed by atoms with Crippen molar-refractivity contribution in [3.8, 4) is 0 Å². The molecule has 8 heteroatoms. The Bertz CT molecular complexity index is 827. The molecule has 0 aliphatic carbocycles. The number of hydrogen-bond donors (Lipinski definition) is 1. The molecule has 2 aromatic rings. The van der Waals surface area contributed by atoms with Crippen molar-refractivity contribution in [3.63, 3.8) is 0 Å². The maximum absolute atomic E-state index is 12.3. The molecule has 0 fully saturated rings. The lowest BCUT2D eigenvalue weighted by atomic mass is 10.1. The average molecular weight is 307 g/mol. The van der Waals surface area contributed by atoms with Gasteiger partial charge in [-0.2, -0.15) is 0 Å². The Morgan fingerprint density at radius 1 is 1.23 bits per heavy atom. The smallest absolute Gasteiger partial charge is 0.332 e. The van der Waals surface area contributed by atoms with E-state index in [1.54, 1.807) is 7.05 Å². The van der Waals surface area contributed by atoms with E-state index in [2.05, 4.69) is 10.3 Å². The summed E-state index contributed by atoms with van der Waals surface area (Å²) in [4.78, 5) is 40.3. The molecule has 1 atom stereocenters. The van der Waals surface area contributed by atoms with E-state index < -0.39 is 11.2 Å². The van der Waals surface area contributed by atoms with E-state index in [1.807, 2.05) is 20.8 Å². The molecule has 0 aromatic carbocycles. The van der Waals surface area contributed by atoms with Crippen molar-refractivity contribution < 1.29 is 4.79 Å². The molecule has 0 bridgehead atoms. The number of carbonyl (C=O) groups excluding carboxylic acids is 1. The standard InChI is InChI=1S/C14H21N5O3/c1-8(2)9(3)16-10(20)6-19-7-15-12-11(19)13(21)18(5)14(22)17(12)4/h7-9H,6H2,1-5H3,(H,16,20). The molecule has 0 aliphatic heterocycles. The molecule has 1 N–H and O–H groups in total. The first-order valence-corrected chi connectivity index (χ1v) is 7.14. The molecule has 0 spiro atoms. The Labute approximate surface area is 127 Å². The molecule has 2 heterocycles. The number of hydrogen-bond acceptors (Lipinski definition) is 4. The van der Waals surface area contributed by atoms with Gasteiger partial charge in [-0.3, -0.25) is 18.7 Å². The fourth-order valence-electron chi connectivity index (χ4n) is 2.14. The molecule has 2 aromatic heterocycles. The molecule has 1 amide bonds. The van der Waals surface area contributed by atoms with Gasteiger partial charge in [0.2, 0.25) is 5.91 Å². The minimum absolute atomic E-state index is 0.0129. The summed E-state index contributed by atoms with van der Waals surface area (Å²) < 4.78 is 3.77. The Balaban J connectivity index is 2.40. The summed E-state index contributed by atoms with van der Waals surface area (Å²) in [7, 11) is 2.95. The van der Waals surface area contributed by atoms with Gasteiger partial charge in [-0.1, -0.05) is 13.8 Å². The Hall–Kier alpha value is -2.38. The van der Waals surface area contributed by atoms with Crippen LogP contribution in [0.25, 0.3) is 11.2 Å². The van der Waals surface area contributed by atoms with Gasteiger partial charge in [0.1, 0.15) is 6.54 Å². The third kappa shape index (κ3) is 2.68. The first-order valence-electron chi connectivity index (χ1n) is 7.14. The molecule has 22 heavy (non-hydrogen) atoms. The first-order chi connectivity index (χ1) is 10.2. The molecule has 120 valence electrons. The van der Waals surface area contributed by atoms with Crippen molar-refractivity contribution in [2.24, 2.45) is 20.0 Å². The fraction of sp³-hybridized carbons (Fsp3) is 0.571. The van der Waals surface area contributed by atoms with Crippen molar-refractivity contribution in [1.82, 2.24) is 24.0 Å². The maximum Gasteiger partial charge on any atom is 0.332 e. The highest BCUT2D eigenvalue weighted by atomic mass is 16.2.